The Hall–Kier alpha value is -0.940. The van der Waals surface area contributed by atoms with Crippen LogP contribution in [0, 0.1) is 12.7 Å². The monoisotopic (exact) mass is 315 g/mol. The molecule has 0 saturated carbocycles. The minimum absolute atomic E-state index is 0.257. The van der Waals surface area contributed by atoms with Crippen LogP contribution in [-0.2, 0) is 16.3 Å². The van der Waals surface area contributed by atoms with Gasteiger partial charge < -0.3 is 5.32 Å². The van der Waals surface area contributed by atoms with Crippen LogP contribution >= 0.6 is 0 Å². The molecule has 0 bridgehead atoms. The molecule has 0 amide bonds. The van der Waals surface area contributed by atoms with E-state index in [1.807, 2.05) is 13.8 Å². The van der Waals surface area contributed by atoms with Crippen molar-refractivity contribution in [3.8, 4) is 0 Å². The Morgan fingerprint density at radius 3 is 2.48 bits per heavy atom. The van der Waals surface area contributed by atoms with Gasteiger partial charge in [0.15, 0.2) is 9.84 Å². The predicted octanol–water partition coefficient (Wildman–Crippen LogP) is 2.87. The van der Waals surface area contributed by atoms with Gasteiger partial charge in [-0.15, -0.1) is 0 Å². The second-order valence-electron chi connectivity index (χ2n) is 6.16. The van der Waals surface area contributed by atoms with Gasteiger partial charge in [0.05, 0.1) is 4.75 Å². The second kappa shape index (κ2) is 6.88. The van der Waals surface area contributed by atoms with E-state index in [4.69, 9.17) is 0 Å². The predicted molar refractivity (Wildman–Crippen MR) is 85.8 cm³/mol. The highest BCUT2D eigenvalue weighted by Gasteiger charge is 2.38. The molecule has 21 heavy (non-hydrogen) atoms. The maximum absolute atomic E-state index is 13.4. The Morgan fingerprint density at radius 1 is 1.33 bits per heavy atom. The van der Waals surface area contributed by atoms with Crippen LogP contribution in [-0.4, -0.2) is 32.0 Å². The first-order valence-electron chi connectivity index (χ1n) is 7.27. The first-order valence-corrected chi connectivity index (χ1v) is 9.16. The topological polar surface area (TPSA) is 46.2 Å². The van der Waals surface area contributed by atoms with E-state index in [-0.39, 0.29) is 11.9 Å². The van der Waals surface area contributed by atoms with Gasteiger partial charge in [-0.25, -0.2) is 12.8 Å². The van der Waals surface area contributed by atoms with E-state index >= 15 is 0 Å². The number of benzene rings is 1. The van der Waals surface area contributed by atoms with Crippen molar-refractivity contribution in [2.24, 2.45) is 0 Å². The van der Waals surface area contributed by atoms with Crippen molar-refractivity contribution in [1.82, 2.24) is 5.32 Å². The average molecular weight is 315 g/mol. The van der Waals surface area contributed by atoms with E-state index in [2.05, 4.69) is 5.32 Å². The highest BCUT2D eigenvalue weighted by Crippen LogP contribution is 2.24. The van der Waals surface area contributed by atoms with Crippen LogP contribution in [0.4, 0.5) is 4.39 Å². The number of aryl methyl sites for hydroxylation is 1. The van der Waals surface area contributed by atoms with Crippen molar-refractivity contribution in [1.29, 1.82) is 0 Å². The summed E-state index contributed by atoms with van der Waals surface area (Å²) in [7, 11) is -3.23. The lowest BCUT2D eigenvalue weighted by molar-refractivity contribution is 0.405. The lowest BCUT2D eigenvalue weighted by Crippen LogP contribution is -2.53. The second-order valence-corrected chi connectivity index (χ2v) is 8.75. The summed E-state index contributed by atoms with van der Waals surface area (Å²) in [6.07, 6.45) is 2.66. The van der Waals surface area contributed by atoms with Gasteiger partial charge in [-0.05, 0) is 63.4 Å². The fraction of sp³-hybridized carbons (Fsp3) is 0.625. The van der Waals surface area contributed by atoms with Crippen molar-refractivity contribution >= 4 is 9.84 Å². The van der Waals surface area contributed by atoms with Gasteiger partial charge in [-0.3, -0.25) is 0 Å². The molecule has 1 N–H and O–H groups in total. The number of hydrogen-bond donors (Lipinski definition) is 1. The average Bonchev–Trinajstić information content (AvgIpc) is 2.36. The summed E-state index contributed by atoms with van der Waals surface area (Å²) >= 11 is 0. The molecule has 1 unspecified atom stereocenters. The van der Waals surface area contributed by atoms with Crippen LogP contribution in [0.15, 0.2) is 18.2 Å². The van der Waals surface area contributed by atoms with Crippen LogP contribution in [0.1, 0.15) is 38.3 Å². The third-order valence-electron chi connectivity index (χ3n) is 4.17. The van der Waals surface area contributed by atoms with Gasteiger partial charge in [0, 0.05) is 12.3 Å². The molecular formula is C16H26FNO2S. The maximum atomic E-state index is 13.4. The number of rotatable bonds is 7. The van der Waals surface area contributed by atoms with Gasteiger partial charge in [-0.1, -0.05) is 13.0 Å². The molecule has 0 aliphatic heterocycles. The van der Waals surface area contributed by atoms with Crippen LogP contribution in [0.25, 0.3) is 0 Å². The molecule has 0 radical (unpaired) electrons. The molecule has 0 aliphatic rings. The fourth-order valence-electron chi connectivity index (χ4n) is 2.22. The standard InChI is InChI=1S/C16H26FNO2S/c1-6-9-18-15(16(3,4)21(5,19)20)11-13-10-14(17)8-7-12(13)2/h7-8,10,15,18H,6,9,11H2,1-5H3. The smallest absolute Gasteiger partial charge is 0.154 e. The summed E-state index contributed by atoms with van der Waals surface area (Å²) in [6.45, 7) is 8.14. The molecule has 1 aromatic carbocycles. The molecule has 1 atom stereocenters. The zero-order valence-electron chi connectivity index (χ0n) is 13.5. The van der Waals surface area contributed by atoms with Gasteiger partial charge in [0.1, 0.15) is 5.82 Å². The summed E-state index contributed by atoms with van der Waals surface area (Å²) < 4.78 is 36.7. The molecule has 1 aromatic rings. The van der Waals surface area contributed by atoms with Crippen molar-refractivity contribution in [3.63, 3.8) is 0 Å². The van der Waals surface area contributed by atoms with E-state index in [1.54, 1.807) is 19.9 Å². The number of halogens is 1. The van der Waals surface area contributed by atoms with Crippen LogP contribution < -0.4 is 5.32 Å². The lowest BCUT2D eigenvalue weighted by Gasteiger charge is -2.34. The van der Waals surface area contributed by atoms with Crippen molar-refractivity contribution in [2.45, 2.75) is 51.3 Å². The molecular weight excluding hydrogens is 289 g/mol. The van der Waals surface area contributed by atoms with Crippen LogP contribution in [0.5, 0.6) is 0 Å². The molecule has 0 aromatic heterocycles. The Bertz CT molecular complexity index is 582. The lowest BCUT2D eigenvalue weighted by atomic mass is 9.93. The number of sulfone groups is 1. The van der Waals surface area contributed by atoms with Crippen LogP contribution in [0.2, 0.25) is 0 Å². The SMILES string of the molecule is CCCNC(Cc1cc(F)ccc1C)C(C)(C)S(C)(=O)=O. The van der Waals surface area contributed by atoms with E-state index < -0.39 is 14.6 Å². The number of hydrogen-bond acceptors (Lipinski definition) is 3. The number of nitrogens with one attached hydrogen (secondary N) is 1. The molecule has 1 rings (SSSR count). The third-order valence-corrected chi connectivity index (χ3v) is 6.37. The Labute approximate surface area is 127 Å². The van der Waals surface area contributed by atoms with Crippen molar-refractivity contribution in [3.05, 3.63) is 35.1 Å². The first-order chi connectivity index (χ1) is 9.59. The molecule has 0 heterocycles. The zero-order chi connectivity index (χ0) is 16.3. The van der Waals surface area contributed by atoms with E-state index in [9.17, 15) is 12.8 Å². The first kappa shape index (κ1) is 18.1. The third kappa shape index (κ3) is 4.51. The molecule has 0 spiro atoms. The zero-order valence-corrected chi connectivity index (χ0v) is 14.3. The molecule has 0 aliphatic carbocycles. The summed E-state index contributed by atoms with van der Waals surface area (Å²) in [5.74, 6) is -0.290. The van der Waals surface area contributed by atoms with E-state index in [1.165, 1.54) is 18.4 Å². The van der Waals surface area contributed by atoms with Gasteiger partial charge in [0.25, 0.3) is 0 Å². The Balaban J connectivity index is 3.12. The largest absolute Gasteiger partial charge is 0.312 e. The molecule has 120 valence electrons. The highest BCUT2D eigenvalue weighted by atomic mass is 32.2. The van der Waals surface area contributed by atoms with Gasteiger partial charge >= 0.3 is 0 Å². The van der Waals surface area contributed by atoms with E-state index in [0.717, 1.165) is 24.1 Å². The summed E-state index contributed by atoms with van der Waals surface area (Å²) in [6, 6.07) is 4.39. The molecule has 5 heteroatoms. The molecule has 3 nitrogen and oxygen atoms in total. The minimum atomic E-state index is -3.23. The summed E-state index contributed by atoms with van der Waals surface area (Å²) in [5.41, 5.74) is 1.82. The normalized spacial score (nSPS) is 14.2. The van der Waals surface area contributed by atoms with Gasteiger partial charge in [0.2, 0.25) is 0 Å². The quantitative estimate of drug-likeness (QED) is 0.841. The Kier molecular flexibility index (Phi) is 5.93. The van der Waals surface area contributed by atoms with Crippen LogP contribution in [0.3, 0.4) is 0 Å². The van der Waals surface area contributed by atoms with Gasteiger partial charge in [-0.2, -0.15) is 0 Å². The maximum Gasteiger partial charge on any atom is 0.154 e. The van der Waals surface area contributed by atoms with E-state index in [0.29, 0.717) is 6.42 Å². The summed E-state index contributed by atoms with van der Waals surface area (Å²) in [5, 5.41) is 3.31. The summed E-state index contributed by atoms with van der Waals surface area (Å²) in [4.78, 5) is 0. The van der Waals surface area contributed by atoms with Crippen molar-refractivity contribution in [2.75, 3.05) is 12.8 Å². The molecule has 0 fully saturated rings. The highest BCUT2D eigenvalue weighted by molar-refractivity contribution is 7.92. The fourth-order valence-corrected chi connectivity index (χ4v) is 2.90. The minimum Gasteiger partial charge on any atom is -0.312 e. The van der Waals surface area contributed by atoms with Crippen molar-refractivity contribution < 1.29 is 12.8 Å². The Morgan fingerprint density at radius 2 is 1.95 bits per heavy atom. The molecule has 0 saturated heterocycles.